The van der Waals surface area contributed by atoms with Crippen LogP contribution in [0.3, 0.4) is 0 Å². The van der Waals surface area contributed by atoms with Gasteiger partial charge in [-0.05, 0) is 31.3 Å². The number of Topliss-reactive ketones (excluding diaryl/α,β-unsaturated/α-hetero) is 1. The molecule has 3 nitrogen and oxygen atoms in total. The molecule has 0 unspecified atom stereocenters. The Kier molecular flexibility index (Phi) is 7.93. The summed E-state index contributed by atoms with van der Waals surface area (Å²) in [6.07, 6.45) is 10.0. The fraction of sp³-hybridized carbons (Fsp3) is 0.786. The standard InChI is InChI=1S/C14H24O3/c15-10-4-2-1-3-5-11-17-12-9-13-7-6-8-14(13)16/h9,15H,1-8,10-12H2/b13-9-. The van der Waals surface area contributed by atoms with Crippen molar-refractivity contribution in [3.8, 4) is 0 Å². The van der Waals surface area contributed by atoms with Gasteiger partial charge >= 0.3 is 0 Å². The number of carbonyl (C=O) groups excluding carboxylic acids is 1. The molecule has 0 saturated heterocycles. The molecule has 1 aliphatic rings. The number of unbranched alkanes of at least 4 members (excludes halogenated alkanes) is 4. The second-order valence-electron chi connectivity index (χ2n) is 4.57. The molecule has 0 aliphatic heterocycles. The van der Waals surface area contributed by atoms with Crippen LogP contribution in [0.4, 0.5) is 0 Å². The Morgan fingerprint density at radius 1 is 1.12 bits per heavy atom. The lowest BCUT2D eigenvalue weighted by Crippen LogP contribution is -1.98. The molecule has 0 aromatic carbocycles. The zero-order chi connectivity index (χ0) is 12.3. The number of hydrogen-bond donors (Lipinski definition) is 1. The number of ketones is 1. The van der Waals surface area contributed by atoms with Gasteiger partial charge in [0.05, 0.1) is 6.61 Å². The van der Waals surface area contributed by atoms with Crippen LogP contribution in [0.25, 0.3) is 0 Å². The number of allylic oxidation sites excluding steroid dienone is 1. The predicted octanol–water partition coefficient (Wildman–Crippen LogP) is 2.63. The van der Waals surface area contributed by atoms with Crippen molar-refractivity contribution in [3.05, 3.63) is 11.6 Å². The van der Waals surface area contributed by atoms with E-state index in [4.69, 9.17) is 9.84 Å². The van der Waals surface area contributed by atoms with E-state index in [-0.39, 0.29) is 0 Å². The first kappa shape index (κ1) is 14.4. The largest absolute Gasteiger partial charge is 0.396 e. The number of rotatable bonds is 9. The molecular weight excluding hydrogens is 216 g/mol. The third kappa shape index (κ3) is 6.59. The molecule has 1 saturated carbocycles. The van der Waals surface area contributed by atoms with Crippen LogP contribution >= 0.6 is 0 Å². The van der Waals surface area contributed by atoms with E-state index in [1.165, 1.54) is 6.42 Å². The number of ether oxygens (including phenoxy) is 1. The lowest BCUT2D eigenvalue weighted by Gasteiger charge is -2.02. The minimum absolute atomic E-state index is 0.303. The van der Waals surface area contributed by atoms with Gasteiger partial charge in [0.1, 0.15) is 0 Å². The number of hydrogen-bond acceptors (Lipinski definition) is 3. The number of aliphatic hydroxyl groups excluding tert-OH is 1. The summed E-state index contributed by atoms with van der Waals surface area (Å²) in [4.78, 5) is 11.3. The monoisotopic (exact) mass is 240 g/mol. The Balaban J connectivity index is 1.89. The van der Waals surface area contributed by atoms with Crippen LogP contribution < -0.4 is 0 Å². The van der Waals surface area contributed by atoms with Crippen LogP contribution in [0, 0.1) is 0 Å². The molecule has 1 rings (SSSR count). The first-order valence-electron chi connectivity index (χ1n) is 6.75. The third-order valence-corrected chi connectivity index (χ3v) is 3.10. The van der Waals surface area contributed by atoms with E-state index in [0.29, 0.717) is 19.0 Å². The highest BCUT2D eigenvalue weighted by atomic mass is 16.5. The molecule has 98 valence electrons. The minimum Gasteiger partial charge on any atom is -0.396 e. The van der Waals surface area contributed by atoms with Crippen LogP contribution in [0.15, 0.2) is 11.6 Å². The Morgan fingerprint density at radius 3 is 2.59 bits per heavy atom. The average molecular weight is 240 g/mol. The van der Waals surface area contributed by atoms with E-state index in [9.17, 15) is 4.79 Å². The van der Waals surface area contributed by atoms with Crippen molar-refractivity contribution in [1.29, 1.82) is 0 Å². The topological polar surface area (TPSA) is 46.5 Å². The first-order valence-corrected chi connectivity index (χ1v) is 6.75. The molecule has 0 aromatic heterocycles. The fourth-order valence-electron chi connectivity index (χ4n) is 2.04. The quantitative estimate of drug-likeness (QED) is 0.498. The molecule has 1 aliphatic carbocycles. The Labute approximate surface area is 104 Å². The Bertz CT molecular complexity index is 246. The molecule has 0 bridgehead atoms. The average Bonchev–Trinajstić information content (AvgIpc) is 2.73. The molecule has 0 spiro atoms. The lowest BCUT2D eigenvalue weighted by molar-refractivity contribution is -0.114. The Hall–Kier alpha value is -0.670. The summed E-state index contributed by atoms with van der Waals surface area (Å²) in [5.74, 6) is 0.303. The third-order valence-electron chi connectivity index (χ3n) is 3.10. The van der Waals surface area contributed by atoms with E-state index in [1.807, 2.05) is 6.08 Å². The minimum atomic E-state index is 0.303. The molecule has 17 heavy (non-hydrogen) atoms. The van der Waals surface area contributed by atoms with Crippen LogP contribution in [0.5, 0.6) is 0 Å². The highest BCUT2D eigenvalue weighted by molar-refractivity contribution is 5.97. The summed E-state index contributed by atoms with van der Waals surface area (Å²) in [5.41, 5.74) is 0.966. The molecule has 0 heterocycles. The van der Waals surface area contributed by atoms with Gasteiger partial charge in [-0.1, -0.05) is 25.3 Å². The van der Waals surface area contributed by atoms with Crippen LogP contribution in [0.2, 0.25) is 0 Å². The maximum atomic E-state index is 11.3. The molecular formula is C14H24O3. The van der Waals surface area contributed by atoms with E-state index in [1.54, 1.807) is 0 Å². The van der Waals surface area contributed by atoms with E-state index in [2.05, 4.69) is 0 Å². The molecule has 1 fully saturated rings. The van der Waals surface area contributed by atoms with Gasteiger partial charge in [-0.25, -0.2) is 0 Å². The molecule has 3 heteroatoms. The first-order chi connectivity index (χ1) is 8.34. The number of aliphatic hydroxyl groups is 1. The van der Waals surface area contributed by atoms with Gasteiger partial charge in [-0.3, -0.25) is 4.79 Å². The Morgan fingerprint density at radius 2 is 1.88 bits per heavy atom. The van der Waals surface area contributed by atoms with E-state index in [0.717, 1.165) is 57.1 Å². The highest BCUT2D eigenvalue weighted by Gasteiger charge is 2.15. The van der Waals surface area contributed by atoms with Crippen molar-refractivity contribution in [2.45, 2.75) is 51.4 Å². The predicted molar refractivity (Wildman–Crippen MR) is 67.9 cm³/mol. The van der Waals surface area contributed by atoms with Crippen LogP contribution in [-0.4, -0.2) is 30.7 Å². The van der Waals surface area contributed by atoms with Crippen molar-refractivity contribution in [2.75, 3.05) is 19.8 Å². The van der Waals surface area contributed by atoms with Gasteiger partial charge < -0.3 is 9.84 Å². The summed E-state index contributed by atoms with van der Waals surface area (Å²) in [5, 5.41) is 8.61. The van der Waals surface area contributed by atoms with Gasteiger partial charge in [-0.15, -0.1) is 0 Å². The summed E-state index contributed by atoms with van der Waals surface area (Å²) in [7, 11) is 0. The zero-order valence-electron chi connectivity index (χ0n) is 10.6. The van der Waals surface area contributed by atoms with E-state index >= 15 is 0 Å². The molecule has 0 amide bonds. The van der Waals surface area contributed by atoms with Crippen molar-refractivity contribution < 1.29 is 14.6 Å². The lowest BCUT2D eigenvalue weighted by atomic mass is 10.1. The molecule has 0 aromatic rings. The summed E-state index contributed by atoms with van der Waals surface area (Å²) in [6, 6.07) is 0. The highest BCUT2D eigenvalue weighted by Crippen LogP contribution is 2.19. The SMILES string of the molecule is O=C1CCC/C1=C/COCCCCCCCO. The second-order valence-corrected chi connectivity index (χ2v) is 4.57. The van der Waals surface area contributed by atoms with E-state index < -0.39 is 0 Å². The second kappa shape index (κ2) is 9.37. The molecule has 1 N–H and O–H groups in total. The van der Waals surface area contributed by atoms with Crippen molar-refractivity contribution in [2.24, 2.45) is 0 Å². The van der Waals surface area contributed by atoms with Crippen molar-refractivity contribution in [1.82, 2.24) is 0 Å². The molecule has 0 radical (unpaired) electrons. The summed E-state index contributed by atoms with van der Waals surface area (Å²) < 4.78 is 5.47. The van der Waals surface area contributed by atoms with Crippen LogP contribution in [-0.2, 0) is 9.53 Å². The fourth-order valence-corrected chi connectivity index (χ4v) is 2.04. The smallest absolute Gasteiger partial charge is 0.158 e. The van der Waals surface area contributed by atoms with Crippen molar-refractivity contribution >= 4 is 5.78 Å². The zero-order valence-corrected chi connectivity index (χ0v) is 10.6. The van der Waals surface area contributed by atoms with Gasteiger partial charge in [0.2, 0.25) is 0 Å². The van der Waals surface area contributed by atoms with Gasteiger partial charge in [0.25, 0.3) is 0 Å². The molecule has 0 atom stereocenters. The van der Waals surface area contributed by atoms with Crippen molar-refractivity contribution in [3.63, 3.8) is 0 Å². The van der Waals surface area contributed by atoms with Gasteiger partial charge in [0.15, 0.2) is 5.78 Å². The van der Waals surface area contributed by atoms with Gasteiger partial charge in [0, 0.05) is 19.6 Å². The number of carbonyl (C=O) groups is 1. The van der Waals surface area contributed by atoms with Crippen LogP contribution in [0.1, 0.15) is 51.4 Å². The normalized spacial score (nSPS) is 18.2. The summed E-state index contributed by atoms with van der Waals surface area (Å²) >= 11 is 0. The summed E-state index contributed by atoms with van der Waals surface area (Å²) in [6.45, 7) is 1.66. The maximum Gasteiger partial charge on any atom is 0.158 e. The van der Waals surface area contributed by atoms with Gasteiger partial charge in [-0.2, -0.15) is 0 Å². The maximum absolute atomic E-state index is 11.3.